The number of piperazine rings is 1. The molecule has 10 heteroatoms. The number of amides is 1. The van der Waals surface area contributed by atoms with Crippen LogP contribution < -0.4 is 15.3 Å². The number of fused-ring (bicyclic) bond motifs is 3. The normalized spacial score (nSPS) is 16.3. The monoisotopic (exact) mass is 575 g/mol. The minimum atomic E-state index is -0.382. The Morgan fingerprint density at radius 2 is 2.00 bits per heavy atom. The first-order valence-corrected chi connectivity index (χ1v) is 14.6. The molecule has 2 aromatic carbocycles. The third kappa shape index (κ3) is 4.19. The molecule has 5 heterocycles. The van der Waals surface area contributed by atoms with Crippen LogP contribution >= 0.6 is 0 Å². The molecule has 43 heavy (non-hydrogen) atoms. The topological polar surface area (TPSA) is 109 Å². The number of pyridine rings is 1. The van der Waals surface area contributed by atoms with Crippen molar-refractivity contribution in [2.24, 2.45) is 0 Å². The Balaban J connectivity index is 1.55. The van der Waals surface area contributed by atoms with E-state index in [2.05, 4.69) is 54.6 Å². The van der Waals surface area contributed by atoms with Gasteiger partial charge in [0.15, 0.2) is 0 Å². The number of H-pyrrole nitrogens is 1. The second-order valence-corrected chi connectivity index (χ2v) is 11.7. The van der Waals surface area contributed by atoms with Gasteiger partial charge in [-0.15, -0.1) is 0 Å². The van der Waals surface area contributed by atoms with Gasteiger partial charge in [-0.25, -0.2) is 4.79 Å². The number of nitrogens with zero attached hydrogens (tertiary/aromatic N) is 6. The molecule has 7 rings (SSSR count). The van der Waals surface area contributed by atoms with Crippen molar-refractivity contribution in [3.63, 3.8) is 0 Å². The molecule has 2 aliphatic heterocycles. The second-order valence-electron chi connectivity index (χ2n) is 11.7. The number of hydrogen-bond acceptors (Lipinski definition) is 7. The number of rotatable bonds is 4. The average Bonchev–Trinajstić information content (AvgIpc) is 3.41. The van der Waals surface area contributed by atoms with Crippen molar-refractivity contribution in [2.45, 2.75) is 39.7 Å². The van der Waals surface area contributed by atoms with Crippen LogP contribution in [0.1, 0.15) is 36.6 Å². The van der Waals surface area contributed by atoms with E-state index in [4.69, 9.17) is 14.7 Å². The zero-order chi connectivity index (χ0) is 30.0. The van der Waals surface area contributed by atoms with Crippen LogP contribution in [0.3, 0.4) is 0 Å². The third-order valence-electron chi connectivity index (χ3n) is 8.66. The maximum atomic E-state index is 14.2. The smallest absolute Gasteiger partial charge is 0.354 e. The Bertz CT molecular complexity index is 2010. The standard InChI is InChI=1S/C33H33N7O3/c1-6-27(41)38-11-12-39-22(16-38)17-43-26-14-21(28-19(4)7-8-24-23(28)15-35-37-24)13-25-29(26)32(39)36-33(42)40(25)31-20(5)9-10-34-30(31)18(2)3/h6-10,13-15,18,22H,1,11-12,16-17H2,2-5H3,(H,35,37)/t22-/m1/s1. The van der Waals surface area contributed by atoms with Crippen LogP contribution in [0.2, 0.25) is 0 Å². The van der Waals surface area contributed by atoms with E-state index in [9.17, 15) is 9.59 Å². The molecule has 0 aliphatic carbocycles. The van der Waals surface area contributed by atoms with Crippen LogP contribution in [0.25, 0.3) is 38.6 Å². The van der Waals surface area contributed by atoms with E-state index in [0.717, 1.165) is 49.9 Å². The van der Waals surface area contributed by atoms with E-state index in [0.29, 0.717) is 43.3 Å². The molecule has 1 amide bonds. The lowest BCUT2D eigenvalue weighted by molar-refractivity contribution is -0.126. The van der Waals surface area contributed by atoms with Gasteiger partial charge in [-0.05, 0) is 72.4 Å². The summed E-state index contributed by atoms with van der Waals surface area (Å²) < 4.78 is 8.29. The lowest BCUT2D eigenvalue weighted by atomic mass is 9.95. The predicted molar refractivity (Wildman–Crippen MR) is 167 cm³/mol. The molecular formula is C33H33N7O3. The molecule has 218 valence electrons. The van der Waals surface area contributed by atoms with E-state index in [-0.39, 0.29) is 23.6 Å². The SMILES string of the molecule is C=CC(=O)N1CCN2c3nc(=O)n(-c4c(C)ccnc4C(C)C)c4cc(-c5c(C)ccc6[nH]ncc56)cc(c34)OC[C@H]2C1. The van der Waals surface area contributed by atoms with E-state index in [1.807, 2.05) is 31.3 Å². The largest absolute Gasteiger partial charge is 0.490 e. The minimum Gasteiger partial charge on any atom is -0.490 e. The highest BCUT2D eigenvalue weighted by Crippen LogP contribution is 2.43. The molecular weight excluding hydrogens is 542 g/mol. The Morgan fingerprint density at radius 3 is 2.79 bits per heavy atom. The number of carbonyl (C=O) groups excluding carboxylic acids is 1. The molecule has 10 nitrogen and oxygen atoms in total. The van der Waals surface area contributed by atoms with Crippen molar-refractivity contribution in [3.8, 4) is 22.6 Å². The summed E-state index contributed by atoms with van der Waals surface area (Å²) in [6.07, 6.45) is 4.96. The maximum absolute atomic E-state index is 14.2. The van der Waals surface area contributed by atoms with Crippen LogP contribution in [-0.4, -0.2) is 67.8 Å². The van der Waals surface area contributed by atoms with Crippen molar-refractivity contribution in [2.75, 3.05) is 31.1 Å². The number of nitrogens with one attached hydrogen (secondary N) is 1. The summed E-state index contributed by atoms with van der Waals surface area (Å²) >= 11 is 0. The number of hydrogen-bond donors (Lipinski definition) is 1. The van der Waals surface area contributed by atoms with Gasteiger partial charge in [-0.3, -0.25) is 19.4 Å². The van der Waals surface area contributed by atoms with Crippen LogP contribution in [0.5, 0.6) is 5.75 Å². The van der Waals surface area contributed by atoms with Gasteiger partial charge >= 0.3 is 5.69 Å². The first-order valence-electron chi connectivity index (χ1n) is 14.6. The summed E-state index contributed by atoms with van der Waals surface area (Å²) in [7, 11) is 0. The molecule has 0 radical (unpaired) electrons. The number of aryl methyl sites for hydroxylation is 2. The van der Waals surface area contributed by atoms with Crippen molar-refractivity contribution in [1.29, 1.82) is 0 Å². The molecule has 0 unspecified atom stereocenters. The zero-order valence-corrected chi connectivity index (χ0v) is 24.7. The highest BCUT2D eigenvalue weighted by atomic mass is 16.5. The lowest BCUT2D eigenvalue weighted by Crippen LogP contribution is -2.56. The molecule has 2 aliphatic rings. The minimum absolute atomic E-state index is 0.0768. The molecule has 1 saturated heterocycles. The number of carbonyl (C=O) groups is 1. The molecule has 5 aromatic rings. The molecule has 1 N–H and O–H groups in total. The molecule has 0 bridgehead atoms. The second kappa shape index (κ2) is 10.1. The molecule has 3 aromatic heterocycles. The van der Waals surface area contributed by atoms with Crippen molar-refractivity contribution in [1.82, 2.24) is 29.6 Å². The van der Waals surface area contributed by atoms with Gasteiger partial charge < -0.3 is 14.5 Å². The lowest BCUT2D eigenvalue weighted by Gasteiger charge is -2.40. The van der Waals surface area contributed by atoms with E-state index >= 15 is 0 Å². The van der Waals surface area contributed by atoms with Crippen molar-refractivity contribution >= 4 is 33.5 Å². The van der Waals surface area contributed by atoms with Crippen LogP contribution in [0.15, 0.2) is 60.2 Å². The molecule has 0 saturated carbocycles. The van der Waals surface area contributed by atoms with Gasteiger partial charge in [0.25, 0.3) is 0 Å². The average molecular weight is 576 g/mol. The summed E-state index contributed by atoms with van der Waals surface area (Å²) in [5.74, 6) is 1.19. The Morgan fingerprint density at radius 1 is 1.16 bits per heavy atom. The van der Waals surface area contributed by atoms with E-state index in [1.165, 1.54) is 6.08 Å². The molecule has 1 atom stereocenters. The number of benzene rings is 2. The van der Waals surface area contributed by atoms with E-state index in [1.54, 1.807) is 15.7 Å². The Hall–Kier alpha value is -4.99. The number of aromatic nitrogens is 5. The fourth-order valence-corrected chi connectivity index (χ4v) is 6.57. The van der Waals surface area contributed by atoms with Gasteiger partial charge in [-0.1, -0.05) is 26.5 Å². The summed E-state index contributed by atoms with van der Waals surface area (Å²) in [4.78, 5) is 40.1. The van der Waals surface area contributed by atoms with Crippen LogP contribution in [-0.2, 0) is 4.79 Å². The zero-order valence-electron chi connectivity index (χ0n) is 24.7. The van der Waals surface area contributed by atoms with Gasteiger partial charge in [0.05, 0.1) is 40.0 Å². The van der Waals surface area contributed by atoms with E-state index < -0.39 is 0 Å². The summed E-state index contributed by atoms with van der Waals surface area (Å²) in [6, 6.07) is 9.95. The number of ether oxygens (including phenoxy) is 1. The van der Waals surface area contributed by atoms with Crippen molar-refractivity contribution in [3.05, 3.63) is 82.7 Å². The summed E-state index contributed by atoms with van der Waals surface area (Å²) in [6.45, 7) is 13.7. The van der Waals surface area contributed by atoms with Gasteiger partial charge in [0.2, 0.25) is 5.91 Å². The number of anilines is 1. The first kappa shape index (κ1) is 26.9. The number of aromatic amines is 1. The van der Waals surface area contributed by atoms with Crippen LogP contribution in [0.4, 0.5) is 5.82 Å². The quantitative estimate of drug-likeness (QED) is 0.311. The molecule has 1 fully saturated rings. The summed E-state index contributed by atoms with van der Waals surface area (Å²) in [5, 5.41) is 9.13. The van der Waals surface area contributed by atoms with Crippen LogP contribution in [0, 0.1) is 13.8 Å². The molecule has 0 spiro atoms. The summed E-state index contributed by atoms with van der Waals surface area (Å²) in [5.41, 5.74) is 6.74. The highest BCUT2D eigenvalue weighted by Gasteiger charge is 2.35. The Labute approximate surface area is 248 Å². The van der Waals surface area contributed by atoms with Gasteiger partial charge in [-0.2, -0.15) is 10.1 Å². The van der Waals surface area contributed by atoms with Crippen molar-refractivity contribution < 1.29 is 9.53 Å². The third-order valence-corrected chi connectivity index (χ3v) is 8.66. The van der Waals surface area contributed by atoms with Gasteiger partial charge in [0.1, 0.15) is 18.2 Å². The Kier molecular flexibility index (Phi) is 6.30. The fraction of sp³-hybridized carbons (Fsp3) is 0.303. The predicted octanol–water partition coefficient (Wildman–Crippen LogP) is 4.66. The highest BCUT2D eigenvalue weighted by molar-refractivity contribution is 6.03. The fourth-order valence-electron chi connectivity index (χ4n) is 6.57. The first-order chi connectivity index (χ1) is 20.8. The maximum Gasteiger partial charge on any atom is 0.354 e. The van der Waals surface area contributed by atoms with Gasteiger partial charge in [0, 0.05) is 31.2 Å².